The summed E-state index contributed by atoms with van der Waals surface area (Å²) in [5.41, 5.74) is 0. The molecule has 0 unspecified atom stereocenters. The zero-order valence-corrected chi connectivity index (χ0v) is 3.66. The van der Waals surface area contributed by atoms with Crippen molar-refractivity contribution < 1.29 is 12.6 Å². The first kappa shape index (κ1) is 3.67. The van der Waals surface area contributed by atoms with Crippen LogP contribution in [-0.4, -0.2) is 8.42 Å². The molecule has 0 spiro atoms. The first-order chi connectivity index (χ1) is 2.63. The van der Waals surface area contributed by atoms with E-state index in [1.54, 1.807) is 0 Å². The van der Waals surface area contributed by atoms with Gasteiger partial charge in [-0.25, -0.2) is 0 Å². The van der Waals surface area contributed by atoms with Crippen LogP contribution >= 0.6 is 0 Å². The van der Waals surface area contributed by atoms with Gasteiger partial charge in [0.2, 0.25) is 0 Å². The third-order valence-corrected chi connectivity index (χ3v) is 1.37. The van der Waals surface area contributed by atoms with E-state index in [1.807, 2.05) is 0 Å². The van der Waals surface area contributed by atoms with Crippen molar-refractivity contribution in [2.24, 2.45) is 0 Å². The molecule has 0 amide bonds. The molecule has 1 aliphatic rings. The molecule has 0 radical (unpaired) electrons. The molecule has 1 saturated heterocycles. The van der Waals surface area contributed by atoms with Crippen molar-refractivity contribution in [2.75, 3.05) is 0 Å². The fraction of sp³-hybridized carbons (Fsp3) is 0. The Morgan fingerprint density at radius 2 is 1.83 bits per heavy atom. The van der Waals surface area contributed by atoms with Crippen LogP contribution in [-0.2, 0) is 14.3 Å². The second-order valence-electron chi connectivity index (χ2n) is 0.909. The summed E-state index contributed by atoms with van der Waals surface area (Å²) in [5, 5.41) is -0.123. The van der Waals surface area contributed by atoms with Crippen molar-refractivity contribution in [3.63, 3.8) is 0 Å². The molecule has 0 aromatic carbocycles. The van der Waals surface area contributed by atoms with Gasteiger partial charge in [0.15, 0.2) is 0 Å². The predicted octanol–water partition coefficient (Wildman–Crippen LogP) is -0.182. The highest BCUT2D eigenvalue weighted by molar-refractivity contribution is 7.96. The summed E-state index contributed by atoms with van der Waals surface area (Å²) in [4.78, 5) is 0. The molecule has 34 valence electrons. The summed E-state index contributed by atoms with van der Waals surface area (Å²) >= 11 is 0. The van der Waals surface area contributed by atoms with E-state index in [1.165, 1.54) is 0 Å². The van der Waals surface area contributed by atoms with E-state index in [0.29, 0.717) is 0 Å². The summed E-state index contributed by atoms with van der Waals surface area (Å²) in [6.07, 6.45) is 0. The highest BCUT2D eigenvalue weighted by Crippen LogP contribution is 2.25. The molecule has 1 aliphatic heterocycles. The summed E-state index contributed by atoms with van der Waals surface area (Å²) in [5.74, 6) is 0. The van der Waals surface area contributed by atoms with Crippen LogP contribution in [0.1, 0.15) is 0 Å². The standard InChI is InChI=1S/C2H2O3S/c1-2-5-6(2,3)4/h1H2. The van der Waals surface area contributed by atoms with E-state index in [2.05, 4.69) is 10.8 Å². The third-order valence-electron chi connectivity index (χ3n) is 0.455. The first-order valence-corrected chi connectivity index (χ1v) is 2.67. The highest BCUT2D eigenvalue weighted by Gasteiger charge is 2.36. The summed E-state index contributed by atoms with van der Waals surface area (Å²) < 4.78 is 23.4. The number of hydrogen-bond donors (Lipinski definition) is 0. The Morgan fingerprint density at radius 1 is 1.67 bits per heavy atom. The number of rotatable bonds is 0. The molecule has 0 aromatic heterocycles. The fourth-order valence-corrected chi connectivity index (χ4v) is 0.483. The maximum atomic E-state index is 9.75. The minimum Gasteiger partial charge on any atom is -0.361 e. The third kappa shape index (κ3) is 0.300. The normalized spacial score (nSPS) is 25.7. The lowest BCUT2D eigenvalue weighted by Crippen LogP contribution is -1.60. The largest absolute Gasteiger partial charge is 0.374 e. The van der Waals surface area contributed by atoms with Gasteiger partial charge in [-0.1, -0.05) is 0 Å². The maximum Gasteiger partial charge on any atom is 0.374 e. The molecule has 1 fully saturated rings. The molecule has 0 atom stereocenters. The van der Waals surface area contributed by atoms with Crippen molar-refractivity contribution in [1.82, 2.24) is 0 Å². The van der Waals surface area contributed by atoms with Gasteiger partial charge in [0.25, 0.3) is 5.09 Å². The predicted molar refractivity (Wildman–Crippen MR) is 19.1 cm³/mol. The van der Waals surface area contributed by atoms with Crippen LogP contribution in [0.2, 0.25) is 0 Å². The SMILES string of the molecule is C=C1OS1(=O)=O. The van der Waals surface area contributed by atoms with Crippen LogP contribution in [0.3, 0.4) is 0 Å². The van der Waals surface area contributed by atoms with Gasteiger partial charge in [-0.15, -0.1) is 0 Å². The van der Waals surface area contributed by atoms with E-state index >= 15 is 0 Å². The van der Waals surface area contributed by atoms with Crippen LogP contribution < -0.4 is 0 Å². The monoisotopic (exact) mass is 106 g/mol. The molecular weight excluding hydrogens is 104 g/mol. The van der Waals surface area contributed by atoms with Crippen LogP contribution in [0.25, 0.3) is 0 Å². The Hall–Kier alpha value is -0.510. The number of hydrogen-bond acceptors (Lipinski definition) is 3. The summed E-state index contributed by atoms with van der Waals surface area (Å²) in [6, 6.07) is 0. The molecule has 0 saturated carbocycles. The maximum absolute atomic E-state index is 9.75. The van der Waals surface area contributed by atoms with E-state index in [-0.39, 0.29) is 5.09 Å². The molecule has 0 N–H and O–H groups in total. The smallest absolute Gasteiger partial charge is 0.361 e. The average Bonchev–Trinajstić information content (AvgIpc) is 1.73. The van der Waals surface area contributed by atoms with Crippen LogP contribution in [0.4, 0.5) is 0 Å². The Kier molecular flexibility index (Phi) is 0.372. The second kappa shape index (κ2) is 0.607. The molecule has 0 aliphatic carbocycles. The Labute approximate surface area is 35.4 Å². The minimum absolute atomic E-state index is 0.123. The molecular formula is C2H2O3S. The first-order valence-electron chi connectivity index (χ1n) is 1.26. The van der Waals surface area contributed by atoms with Crippen molar-refractivity contribution in [2.45, 2.75) is 0 Å². The van der Waals surface area contributed by atoms with Gasteiger partial charge in [-0.3, -0.25) is 0 Å². The van der Waals surface area contributed by atoms with Gasteiger partial charge in [0.1, 0.15) is 0 Å². The Morgan fingerprint density at radius 3 is 1.83 bits per heavy atom. The zero-order valence-electron chi connectivity index (χ0n) is 2.84. The summed E-state index contributed by atoms with van der Waals surface area (Å²) in [6.45, 7) is 3.01. The van der Waals surface area contributed by atoms with E-state index in [4.69, 9.17) is 0 Å². The van der Waals surface area contributed by atoms with E-state index in [9.17, 15) is 8.42 Å². The van der Waals surface area contributed by atoms with Crippen molar-refractivity contribution in [3.05, 3.63) is 11.7 Å². The molecule has 0 aromatic rings. The topological polar surface area (TPSA) is 46.7 Å². The lowest BCUT2D eigenvalue weighted by molar-refractivity contribution is 0.544. The van der Waals surface area contributed by atoms with Crippen LogP contribution in [0.5, 0.6) is 0 Å². The van der Waals surface area contributed by atoms with Crippen molar-refractivity contribution >= 4 is 10.1 Å². The van der Waals surface area contributed by atoms with Crippen LogP contribution in [0, 0.1) is 0 Å². The second-order valence-corrected chi connectivity index (χ2v) is 2.44. The van der Waals surface area contributed by atoms with Gasteiger partial charge in [-0.05, 0) is 6.58 Å². The van der Waals surface area contributed by atoms with E-state index in [0.717, 1.165) is 0 Å². The quantitative estimate of drug-likeness (QED) is 0.402. The van der Waals surface area contributed by atoms with Gasteiger partial charge in [0.05, 0.1) is 0 Å². The zero-order chi connectivity index (χ0) is 4.78. The molecule has 4 heteroatoms. The van der Waals surface area contributed by atoms with Gasteiger partial charge in [-0.2, -0.15) is 8.42 Å². The molecule has 1 rings (SSSR count). The van der Waals surface area contributed by atoms with Gasteiger partial charge < -0.3 is 4.18 Å². The summed E-state index contributed by atoms with van der Waals surface area (Å²) in [7, 11) is -3.19. The van der Waals surface area contributed by atoms with Gasteiger partial charge in [0, 0.05) is 0 Å². The average molecular weight is 106 g/mol. The lowest BCUT2D eigenvalue weighted by Gasteiger charge is -1.40. The Balaban J connectivity index is 3.24. The lowest BCUT2D eigenvalue weighted by atomic mass is 11.2. The molecule has 1 heterocycles. The van der Waals surface area contributed by atoms with Gasteiger partial charge >= 0.3 is 10.1 Å². The highest BCUT2D eigenvalue weighted by atomic mass is 32.2. The Bertz CT molecular complexity index is 175. The molecule has 0 bridgehead atoms. The minimum atomic E-state index is -3.19. The van der Waals surface area contributed by atoms with E-state index < -0.39 is 10.1 Å². The van der Waals surface area contributed by atoms with Crippen molar-refractivity contribution in [3.8, 4) is 0 Å². The molecule has 6 heavy (non-hydrogen) atoms. The fourth-order valence-electron chi connectivity index (χ4n) is 0.105. The van der Waals surface area contributed by atoms with Crippen molar-refractivity contribution in [1.29, 1.82) is 0 Å². The molecule has 3 nitrogen and oxygen atoms in total. The van der Waals surface area contributed by atoms with Crippen LogP contribution in [0.15, 0.2) is 11.7 Å².